The first-order valence-electron chi connectivity index (χ1n) is 2.95. The lowest BCUT2D eigenvalue weighted by Crippen LogP contribution is -2.39. The van der Waals surface area contributed by atoms with Crippen molar-refractivity contribution in [1.29, 1.82) is 0 Å². The number of hydrogen-bond donors (Lipinski definition) is 0. The molecule has 0 spiro atoms. The van der Waals surface area contributed by atoms with Crippen molar-refractivity contribution in [2.45, 2.75) is 13.0 Å². The van der Waals surface area contributed by atoms with Crippen LogP contribution in [0.5, 0.6) is 0 Å². The quantitative estimate of drug-likeness (QED) is 0.454. The van der Waals surface area contributed by atoms with E-state index in [0.29, 0.717) is 6.04 Å². The van der Waals surface area contributed by atoms with Gasteiger partial charge in [-0.2, -0.15) is 0 Å². The van der Waals surface area contributed by atoms with E-state index in [1.54, 1.807) is 0 Å². The Labute approximate surface area is 50.4 Å². The molecule has 0 aliphatic carbocycles. The van der Waals surface area contributed by atoms with Crippen LogP contribution < -0.4 is 0 Å². The van der Waals surface area contributed by atoms with Crippen LogP contribution in [0.15, 0.2) is 0 Å². The average molecular weight is 114 g/mol. The first-order valence-corrected chi connectivity index (χ1v) is 2.95. The van der Waals surface area contributed by atoms with Gasteiger partial charge < -0.3 is 4.74 Å². The molecule has 2 heteroatoms. The van der Waals surface area contributed by atoms with Crippen LogP contribution in [0.2, 0.25) is 0 Å². The van der Waals surface area contributed by atoms with Crippen molar-refractivity contribution in [3.8, 4) is 0 Å². The Bertz CT molecular complexity index is 64.9. The lowest BCUT2D eigenvalue weighted by atomic mass is 10.3. The number of nitrogens with zero attached hydrogens (tertiary/aromatic N) is 1. The van der Waals surface area contributed by atoms with E-state index in [2.05, 4.69) is 18.9 Å². The van der Waals surface area contributed by atoms with E-state index >= 15 is 0 Å². The van der Waals surface area contributed by atoms with E-state index in [1.807, 2.05) is 0 Å². The van der Waals surface area contributed by atoms with Gasteiger partial charge in [-0.15, -0.1) is 0 Å². The average Bonchev–Trinajstić information content (AvgIpc) is 1.77. The molecule has 1 radical (unpaired) electrons. The maximum atomic E-state index is 5.17. The smallest absolute Gasteiger partial charge is 0.0619 e. The predicted molar refractivity (Wildman–Crippen MR) is 32.3 cm³/mol. The van der Waals surface area contributed by atoms with Gasteiger partial charge in [0.05, 0.1) is 13.2 Å². The van der Waals surface area contributed by atoms with Crippen LogP contribution in [0.25, 0.3) is 0 Å². The summed E-state index contributed by atoms with van der Waals surface area (Å²) < 4.78 is 5.17. The predicted octanol–water partition coefficient (Wildman–Crippen LogP) is 0.499. The topological polar surface area (TPSA) is 12.5 Å². The second-order valence-electron chi connectivity index (χ2n) is 2.24. The molecule has 1 aliphatic heterocycles. The molecule has 0 amide bonds. The van der Waals surface area contributed by atoms with Gasteiger partial charge in [0.25, 0.3) is 0 Å². The van der Waals surface area contributed by atoms with Gasteiger partial charge in [0, 0.05) is 19.6 Å². The fraction of sp³-hybridized carbons (Fsp3) is 0.833. The monoisotopic (exact) mass is 114 g/mol. The van der Waals surface area contributed by atoms with Crippen LogP contribution in [0, 0.1) is 7.05 Å². The van der Waals surface area contributed by atoms with Crippen molar-refractivity contribution in [1.82, 2.24) is 4.90 Å². The standard InChI is InChI=1S/C6H12NO/c1-6-5-8-4-3-7(6)2/h6H,2-5H2,1H3. The third-order valence-electron chi connectivity index (χ3n) is 1.51. The highest BCUT2D eigenvalue weighted by Crippen LogP contribution is 2.02. The van der Waals surface area contributed by atoms with Crippen molar-refractivity contribution in [2.24, 2.45) is 0 Å². The van der Waals surface area contributed by atoms with Gasteiger partial charge in [-0.1, -0.05) is 0 Å². The zero-order valence-electron chi connectivity index (χ0n) is 5.26. The Morgan fingerprint density at radius 1 is 1.75 bits per heavy atom. The Hall–Kier alpha value is -0.0800. The van der Waals surface area contributed by atoms with Crippen molar-refractivity contribution in [3.63, 3.8) is 0 Å². The SMILES string of the molecule is [CH2]N1CCOCC1C. The fourth-order valence-corrected chi connectivity index (χ4v) is 0.761. The van der Waals surface area contributed by atoms with Crippen LogP contribution in [0.1, 0.15) is 6.92 Å². The third-order valence-corrected chi connectivity index (χ3v) is 1.51. The zero-order valence-corrected chi connectivity index (χ0v) is 5.26. The Morgan fingerprint density at radius 2 is 2.50 bits per heavy atom. The van der Waals surface area contributed by atoms with Crippen molar-refractivity contribution < 1.29 is 4.74 Å². The van der Waals surface area contributed by atoms with E-state index in [-0.39, 0.29) is 0 Å². The molecule has 0 aromatic rings. The van der Waals surface area contributed by atoms with Gasteiger partial charge in [0.2, 0.25) is 0 Å². The van der Waals surface area contributed by atoms with Crippen LogP contribution in [-0.2, 0) is 4.74 Å². The molecule has 0 saturated carbocycles. The molecule has 2 nitrogen and oxygen atoms in total. The second-order valence-corrected chi connectivity index (χ2v) is 2.24. The second kappa shape index (κ2) is 2.46. The highest BCUT2D eigenvalue weighted by atomic mass is 16.5. The van der Waals surface area contributed by atoms with Crippen LogP contribution >= 0.6 is 0 Å². The van der Waals surface area contributed by atoms with Gasteiger partial charge in [0.15, 0.2) is 0 Å². The third kappa shape index (κ3) is 1.20. The van der Waals surface area contributed by atoms with Gasteiger partial charge in [-0.25, -0.2) is 0 Å². The molecule has 1 atom stereocenters. The molecule has 1 heterocycles. The van der Waals surface area contributed by atoms with Crippen LogP contribution in [0.4, 0.5) is 0 Å². The van der Waals surface area contributed by atoms with E-state index in [1.165, 1.54) is 0 Å². The van der Waals surface area contributed by atoms with Gasteiger partial charge >= 0.3 is 0 Å². The molecule has 1 fully saturated rings. The highest BCUT2D eigenvalue weighted by molar-refractivity contribution is 4.68. The summed E-state index contributed by atoms with van der Waals surface area (Å²) in [7, 11) is 3.83. The first-order chi connectivity index (χ1) is 3.80. The van der Waals surface area contributed by atoms with E-state index < -0.39 is 0 Å². The molecule has 0 aromatic carbocycles. The van der Waals surface area contributed by atoms with E-state index in [0.717, 1.165) is 19.8 Å². The molecule has 1 unspecified atom stereocenters. The first kappa shape index (κ1) is 6.05. The fourth-order valence-electron chi connectivity index (χ4n) is 0.761. The molecule has 1 aliphatic rings. The summed E-state index contributed by atoms with van der Waals surface area (Å²) in [5.41, 5.74) is 0. The molecular weight excluding hydrogens is 102 g/mol. The molecule has 8 heavy (non-hydrogen) atoms. The Morgan fingerprint density at radius 3 is 2.88 bits per heavy atom. The molecular formula is C6H12NO. The number of rotatable bonds is 0. The Kier molecular flexibility index (Phi) is 1.86. The number of hydrogen-bond acceptors (Lipinski definition) is 2. The molecule has 0 N–H and O–H groups in total. The summed E-state index contributed by atoms with van der Waals surface area (Å²) >= 11 is 0. The highest BCUT2D eigenvalue weighted by Gasteiger charge is 2.13. The normalized spacial score (nSPS) is 33.0. The Balaban J connectivity index is 2.28. The number of morpholine rings is 1. The van der Waals surface area contributed by atoms with Crippen LogP contribution in [-0.4, -0.2) is 30.7 Å². The summed E-state index contributed by atoms with van der Waals surface area (Å²) in [4.78, 5) is 2.06. The van der Waals surface area contributed by atoms with Crippen molar-refractivity contribution >= 4 is 0 Å². The van der Waals surface area contributed by atoms with Gasteiger partial charge in [0.1, 0.15) is 0 Å². The minimum atomic E-state index is 0.503. The summed E-state index contributed by atoms with van der Waals surface area (Å²) in [6.07, 6.45) is 0. The molecule has 1 rings (SSSR count). The number of ether oxygens (including phenoxy) is 1. The largest absolute Gasteiger partial charge is 0.379 e. The van der Waals surface area contributed by atoms with Gasteiger partial charge in [-0.05, 0) is 6.92 Å². The van der Waals surface area contributed by atoms with Crippen LogP contribution in [0.3, 0.4) is 0 Å². The van der Waals surface area contributed by atoms with E-state index in [4.69, 9.17) is 4.74 Å². The zero-order chi connectivity index (χ0) is 5.98. The lowest BCUT2D eigenvalue weighted by Gasteiger charge is -2.28. The van der Waals surface area contributed by atoms with Gasteiger partial charge in [-0.3, -0.25) is 4.90 Å². The summed E-state index contributed by atoms with van der Waals surface area (Å²) in [6.45, 7) is 4.77. The lowest BCUT2D eigenvalue weighted by molar-refractivity contribution is 0.0217. The summed E-state index contributed by atoms with van der Waals surface area (Å²) in [6, 6.07) is 0.503. The maximum absolute atomic E-state index is 5.17. The molecule has 0 bridgehead atoms. The minimum Gasteiger partial charge on any atom is -0.379 e. The molecule has 1 saturated heterocycles. The summed E-state index contributed by atoms with van der Waals surface area (Å²) in [5.74, 6) is 0. The van der Waals surface area contributed by atoms with E-state index in [9.17, 15) is 0 Å². The molecule has 0 aromatic heterocycles. The minimum absolute atomic E-state index is 0.503. The van der Waals surface area contributed by atoms with Crippen molar-refractivity contribution in [2.75, 3.05) is 19.8 Å². The molecule has 47 valence electrons. The maximum Gasteiger partial charge on any atom is 0.0619 e. The van der Waals surface area contributed by atoms with Crippen molar-refractivity contribution in [3.05, 3.63) is 7.05 Å². The summed E-state index contributed by atoms with van der Waals surface area (Å²) in [5, 5.41) is 0.